The lowest BCUT2D eigenvalue weighted by molar-refractivity contribution is -0.121. The van der Waals surface area contributed by atoms with Gasteiger partial charge in [0, 0.05) is 25.7 Å². The summed E-state index contributed by atoms with van der Waals surface area (Å²) in [7, 11) is 0. The maximum absolute atomic E-state index is 11.8. The van der Waals surface area contributed by atoms with Gasteiger partial charge in [-0.2, -0.15) is 0 Å². The number of nitrogens with zero attached hydrogens (tertiary/aromatic N) is 3. The number of pyridine rings is 1. The van der Waals surface area contributed by atoms with Gasteiger partial charge < -0.3 is 9.88 Å². The van der Waals surface area contributed by atoms with Crippen molar-refractivity contribution in [1.29, 1.82) is 0 Å². The number of halogens is 1. The fourth-order valence-corrected chi connectivity index (χ4v) is 2.32. The molecule has 6 heteroatoms. The summed E-state index contributed by atoms with van der Waals surface area (Å²) < 4.78 is 1.93. The second-order valence-corrected chi connectivity index (χ2v) is 5.88. The average Bonchev–Trinajstić information content (AvgIpc) is 2.79. The predicted molar refractivity (Wildman–Crippen MR) is 84.3 cm³/mol. The Balaban J connectivity index is 2.12. The zero-order valence-electron chi connectivity index (χ0n) is 12.7. The van der Waals surface area contributed by atoms with Crippen molar-refractivity contribution in [3.8, 4) is 0 Å². The quantitative estimate of drug-likeness (QED) is 0.835. The van der Waals surface area contributed by atoms with Gasteiger partial charge in [0.25, 0.3) is 0 Å². The van der Waals surface area contributed by atoms with Gasteiger partial charge in [-0.05, 0) is 24.5 Å². The maximum atomic E-state index is 11.8. The zero-order valence-corrected chi connectivity index (χ0v) is 13.4. The van der Waals surface area contributed by atoms with Crippen molar-refractivity contribution < 1.29 is 4.79 Å². The Morgan fingerprint density at radius 1 is 1.48 bits per heavy atom. The summed E-state index contributed by atoms with van der Waals surface area (Å²) in [5, 5.41) is 2.91. The van der Waals surface area contributed by atoms with Crippen molar-refractivity contribution in [1.82, 2.24) is 19.9 Å². The van der Waals surface area contributed by atoms with E-state index in [4.69, 9.17) is 11.6 Å². The van der Waals surface area contributed by atoms with Crippen molar-refractivity contribution in [3.63, 3.8) is 0 Å². The number of carbonyl (C=O) groups excluding carboxylic acids is 1. The lowest BCUT2D eigenvalue weighted by atomic mass is 10.2. The summed E-state index contributed by atoms with van der Waals surface area (Å²) in [5.74, 6) is 1.55. The highest BCUT2D eigenvalue weighted by molar-refractivity contribution is 6.16. The predicted octanol–water partition coefficient (Wildman–Crippen LogP) is 2.64. The van der Waals surface area contributed by atoms with E-state index in [1.807, 2.05) is 17.6 Å². The first-order valence-electron chi connectivity index (χ1n) is 7.15. The molecule has 1 N–H and O–H groups in total. The Hall–Kier alpha value is -1.62. The fraction of sp³-hybridized carbons (Fsp3) is 0.533. The Bertz CT molecular complexity index is 636. The number of aromatic nitrogens is 3. The smallest absolute Gasteiger partial charge is 0.221 e. The highest BCUT2D eigenvalue weighted by Gasteiger charge is 2.12. The first kappa shape index (κ1) is 15.8. The first-order chi connectivity index (χ1) is 10.0. The van der Waals surface area contributed by atoms with Crippen LogP contribution in [0.3, 0.4) is 0 Å². The molecule has 1 amide bonds. The third kappa shape index (κ3) is 3.94. The van der Waals surface area contributed by atoms with Crippen molar-refractivity contribution in [2.75, 3.05) is 6.54 Å². The number of rotatable bonds is 6. The number of hydrogen-bond acceptors (Lipinski definition) is 3. The van der Waals surface area contributed by atoms with Gasteiger partial charge in [-0.1, -0.05) is 13.8 Å². The van der Waals surface area contributed by atoms with Gasteiger partial charge in [0.1, 0.15) is 11.3 Å². The molecule has 0 aromatic carbocycles. The Morgan fingerprint density at radius 2 is 2.24 bits per heavy atom. The summed E-state index contributed by atoms with van der Waals surface area (Å²) >= 11 is 5.95. The topological polar surface area (TPSA) is 59.8 Å². The molecule has 5 nitrogen and oxygen atoms in total. The monoisotopic (exact) mass is 308 g/mol. The highest BCUT2D eigenvalue weighted by Crippen LogP contribution is 2.17. The minimum Gasteiger partial charge on any atom is -0.356 e. The van der Waals surface area contributed by atoms with E-state index >= 15 is 0 Å². The minimum atomic E-state index is 0.0400. The van der Waals surface area contributed by atoms with Crippen molar-refractivity contribution in [2.45, 2.75) is 39.6 Å². The SMILES string of the molecule is Cc1cnc2c(c1)nc(CCl)n2CCC(=O)NCC(C)C. The average molecular weight is 309 g/mol. The van der Waals surface area contributed by atoms with Gasteiger partial charge in [-0.15, -0.1) is 11.6 Å². The minimum absolute atomic E-state index is 0.0400. The van der Waals surface area contributed by atoms with Crippen LogP contribution >= 0.6 is 11.6 Å². The molecule has 0 spiro atoms. The van der Waals surface area contributed by atoms with Gasteiger partial charge >= 0.3 is 0 Å². The van der Waals surface area contributed by atoms with E-state index in [-0.39, 0.29) is 5.91 Å². The molecular formula is C15H21ClN4O. The van der Waals surface area contributed by atoms with E-state index in [0.717, 1.165) is 22.6 Å². The van der Waals surface area contributed by atoms with Crippen LogP contribution < -0.4 is 5.32 Å². The number of carbonyl (C=O) groups is 1. The number of nitrogens with one attached hydrogen (secondary N) is 1. The Morgan fingerprint density at radius 3 is 2.90 bits per heavy atom. The summed E-state index contributed by atoms with van der Waals surface area (Å²) in [4.78, 5) is 20.7. The van der Waals surface area contributed by atoms with Gasteiger partial charge in [0.05, 0.1) is 5.88 Å². The molecule has 2 aromatic rings. The summed E-state index contributed by atoms with van der Waals surface area (Å²) in [6.07, 6.45) is 2.20. The van der Waals surface area contributed by atoms with Crippen LogP contribution in [0.4, 0.5) is 0 Å². The van der Waals surface area contributed by atoms with Crippen LogP contribution in [0.1, 0.15) is 31.7 Å². The van der Waals surface area contributed by atoms with E-state index in [9.17, 15) is 4.79 Å². The molecule has 114 valence electrons. The molecule has 2 aromatic heterocycles. The van der Waals surface area contributed by atoms with E-state index in [0.29, 0.717) is 31.3 Å². The number of imidazole rings is 1. The molecule has 0 aliphatic carbocycles. The molecule has 2 heterocycles. The molecule has 0 unspecified atom stereocenters. The molecule has 0 aliphatic rings. The molecular weight excluding hydrogens is 288 g/mol. The number of amides is 1. The molecule has 0 fully saturated rings. The highest BCUT2D eigenvalue weighted by atomic mass is 35.5. The normalized spacial score (nSPS) is 11.3. The second kappa shape index (κ2) is 6.89. The molecule has 0 saturated heterocycles. The Labute approximate surface area is 129 Å². The summed E-state index contributed by atoms with van der Waals surface area (Å²) in [5.41, 5.74) is 2.67. The molecule has 0 saturated carbocycles. The molecule has 0 atom stereocenters. The fourth-order valence-electron chi connectivity index (χ4n) is 2.12. The van der Waals surface area contributed by atoms with Crippen LogP contribution in [0.5, 0.6) is 0 Å². The lowest BCUT2D eigenvalue weighted by Crippen LogP contribution is -2.28. The molecule has 0 bridgehead atoms. The number of alkyl halides is 1. The van der Waals surface area contributed by atoms with Crippen LogP contribution in [-0.2, 0) is 17.2 Å². The zero-order chi connectivity index (χ0) is 15.4. The van der Waals surface area contributed by atoms with Crippen molar-refractivity contribution in [2.24, 2.45) is 5.92 Å². The number of fused-ring (bicyclic) bond motifs is 1. The summed E-state index contributed by atoms with van der Waals surface area (Å²) in [6.45, 7) is 7.36. The van der Waals surface area contributed by atoms with Gasteiger partial charge in [0.2, 0.25) is 5.91 Å². The lowest BCUT2D eigenvalue weighted by Gasteiger charge is -2.09. The van der Waals surface area contributed by atoms with Gasteiger partial charge in [-0.25, -0.2) is 9.97 Å². The van der Waals surface area contributed by atoms with Crippen molar-refractivity contribution in [3.05, 3.63) is 23.7 Å². The van der Waals surface area contributed by atoms with Crippen LogP contribution in [-0.4, -0.2) is 27.0 Å². The standard InChI is InChI=1S/C15H21ClN4O/c1-10(2)8-17-14(21)4-5-20-13(7-16)19-12-6-11(3)9-18-15(12)20/h6,9-10H,4-5,7-8H2,1-3H3,(H,17,21). The van der Waals surface area contributed by atoms with Gasteiger partial charge in [0.15, 0.2) is 5.65 Å². The number of hydrogen-bond donors (Lipinski definition) is 1. The van der Waals surface area contributed by atoms with Gasteiger partial charge in [-0.3, -0.25) is 4.79 Å². The van der Waals surface area contributed by atoms with Crippen LogP contribution in [0, 0.1) is 12.8 Å². The number of aryl methyl sites for hydroxylation is 2. The molecule has 0 aliphatic heterocycles. The second-order valence-electron chi connectivity index (χ2n) is 5.62. The van der Waals surface area contributed by atoms with Crippen LogP contribution in [0.25, 0.3) is 11.2 Å². The van der Waals surface area contributed by atoms with Crippen LogP contribution in [0.2, 0.25) is 0 Å². The van der Waals surface area contributed by atoms with E-state index in [1.165, 1.54) is 0 Å². The van der Waals surface area contributed by atoms with E-state index in [2.05, 4.69) is 29.1 Å². The third-order valence-electron chi connectivity index (χ3n) is 3.19. The maximum Gasteiger partial charge on any atom is 0.221 e. The largest absolute Gasteiger partial charge is 0.356 e. The summed E-state index contributed by atoms with van der Waals surface area (Å²) in [6, 6.07) is 1.98. The molecule has 2 rings (SSSR count). The molecule has 21 heavy (non-hydrogen) atoms. The van der Waals surface area contributed by atoms with Crippen molar-refractivity contribution >= 4 is 28.7 Å². The third-order valence-corrected chi connectivity index (χ3v) is 3.43. The van der Waals surface area contributed by atoms with Crippen LogP contribution in [0.15, 0.2) is 12.3 Å². The Kier molecular flexibility index (Phi) is 5.17. The first-order valence-corrected chi connectivity index (χ1v) is 7.69. The van der Waals surface area contributed by atoms with E-state index < -0.39 is 0 Å². The molecule has 0 radical (unpaired) electrons. The van der Waals surface area contributed by atoms with E-state index in [1.54, 1.807) is 6.20 Å².